The number of halogens is 2. The number of hydrogen-bond donors (Lipinski definition) is 1. The summed E-state index contributed by atoms with van der Waals surface area (Å²) < 4.78 is 2.05. The molecular weight excluding hydrogens is 355 g/mol. The Hall–Kier alpha value is -1.08. The van der Waals surface area contributed by atoms with Gasteiger partial charge in [0.15, 0.2) is 5.13 Å². The maximum absolute atomic E-state index is 12.7. The number of nitrogens with zero attached hydrogens (tertiary/aromatic N) is 3. The molecule has 5 nitrogen and oxygen atoms in total. The van der Waals surface area contributed by atoms with Crippen LogP contribution in [-0.2, 0) is 0 Å². The Bertz CT molecular complexity index is 657. The van der Waals surface area contributed by atoms with Gasteiger partial charge in [0.05, 0.1) is 5.56 Å². The topological polar surface area (TPSA) is 64.2 Å². The van der Waals surface area contributed by atoms with E-state index in [0.29, 0.717) is 12.5 Å². The lowest BCUT2D eigenvalue weighted by Crippen LogP contribution is -2.30. The van der Waals surface area contributed by atoms with E-state index in [-0.39, 0.29) is 30.7 Å². The molecular formula is C15H22Cl2N4OS. The molecule has 3 heterocycles. The normalized spacial score (nSPS) is 16.8. The highest BCUT2D eigenvalue weighted by atomic mass is 35.5. The van der Waals surface area contributed by atoms with Gasteiger partial charge in [-0.3, -0.25) is 9.36 Å². The lowest BCUT2D eigenvalue weighted by Gasteiger charge is -2.16. The van der Waals surface area contributed by atoms with Gasteiger partial charge in [-0.1, -0.05) is 0 Å². The predicted octanol–water partition coefficient (Wildman–Crippen LogP) is 2.82. The Balaban J connectivity index is 0.00000132. The van der Waals surface area contributed by atoms with E-state index in [1.54, 1.807) is 17.5 Å². The van der Waals surface area contributed by atoms with Crippen molar-refractivity contribution >= 4 is 42.1 Å². The summed E-state index contributed by atoms with van der Waals surface area (Å²) in [4.78, 5) is 19.0. The van der Waals surface area contributed by atoms with Crippen molar-refractivity contribution in [2.24, 2.45) is 11.7 Å². The number of likely N-dealkylation sites (tertiary alicyclic amines) is 1. The van der Waals surface area contributed by atoms with Crippen molar-refractivity contribution in [2.75, 3.05) is 19.6 Å². The number of thiazole rings is 1. The van der Waals surface area contributed by atoms with Crippen LogP contribution in [0, 0.1) is 19.8 Å². The summed E-state index contributed by atoms with van der Waals surface area (Å²) in [5.41, 5.74) is 8.49. The molecule has 23 heavy (non-hydrogen) atoms. The molecule has 1 aliphatic rings. The minimum Gasteiger partial charge on any atom is -0.338 e. The number of aromatic nitrogens is 2. The first-order valence-corrected chi connectivity index (χ1v) is 8.08. The summed E-state index contributed by atoms with van der Waals surface area (Å²) in [5.74, 6) is 0.554. The molecule has 0 radical (unpaired) electrons. The van der Waals surface area contributed by atoms with Gasteiger partial charge in [-0.25, -0.2) is 4.98 Å². The van der Waals surface area contributed by atoms with Crippen LogP contribution in [0.1, 0.15) is 28.2 Å². The number of hydrogen-bond acceptors (Lipinski definition) is 4. The van der Waals surface area contributed by atoms with Crippen LogP contribution in [0.2, 0.25) is 0 Å². The van der Waals surface area contributed by atoms with Gasteiger partial charge >= 0.3 is 0 Å². The number of carbonyl (C=O) groups is 1. The molecule has 1 unspecified atom stereocenters. The van der Waals surface area contributed by atoms with Crippen LogP contribution in [0.25, 0.3) is 5.13 Å². The molecule has 0 spiro atoms. The van der Waals surface area contributed by atoms with E-state index in [1.807, 2.05) is 34.8 Å². The minimum atomic E-state index is 0. The largest absolute Gasteiger partial charge is 0.338 e. The molecule has 1 fully saturated rings. The van der Waals surface area contributed by atoms with E-state index in [0.717, 1.165) is 41.6 Å². The maximum Gasteiger partial charge on any atom is 0.255 e. The molecule has 2 N–H and O–H groups in total. The smallest absolute Gasteiger partial charge is 0.255 e. The highest BCUT2D eigenvalue weighted by molar-refractivity contribution is 7.12. The highest BCUT2D eigenvalue weighted by Crippen LogP contribution is 2.25. The van der Waals surface area contributed by atoms with E-state index in [4.69, 9.17) is 5.73 Å². The van der Waals surface area contributed by atoms with E-state index in [2.05, 4.69) is 4.98 Å². The Morgan fingerprint density at radius 3 is 2.74 bits per heavy atom. The van der Waals surface area contributed by atoms with Gasteiger partial charge in [0.2, 0.25) is 0 Å². The van der Waals surface area contributed by atoms with E-state index in [9.17, 15) is 4.79 Å². The van der Waals surface area contributed by atoms with Crippen LogP contribution in [0.15, 0.2) is 17.6 Å². The average Bonchev–Trinajstić information content (AvgIpc) is 3.18. The van der Waals surface area contributed by atoms with E-state index in [1.165, 1.54) is 0 Å². The standard InChI is InChI=1S/C15H20N4OS.2ClH/c1-10-7-13(11(2)19(10)15-17-4-6-21-15)14(20)18-5-3-12(8-16)9-18;;/h4,6-7,12H,3,5,8-9,16H2,1-2H3;2*1H. The van der Waals surface area contributed by atoms with E-state index >= 15 is 0 Å². The van der Waals surface area contributed by atoms with Crippen molar-refractivity contribution < 1.29 is 4.79 Å². The predicted molar refractivity (Wildman–Crippen MR) is 98.5 cm³/mol. The lowest BCUT2D eigenvalue weighted by atomic mass is 10.1. The first-order valence-electron chi connectivity index (χ1n) is 7.20. The zero-order valence-corrected chi connectivity index (χ0v) is 15.6. The maximum atomic E-state index is 12.7. The molecule has 0 aliphatic carbocycles. The molecule has 1 aliphatic heterocycles. The van der Waals surface area contributed by atoms with Crippen molar-refractivity contribution in [3.8, 4) is 5.13 Å². The van der Waals surface area contributed by atoms with Gasteiger partial charge in [0, 0.05) is 36.1 Å². The molecule has 0 aromatic carbocycles. The second-order valence-electron chi connectivity index (χ2n) is 5.58. The minimum absolute atomic E-state index is 0. The van der Waals surface area contributed by atoms with Crippen molar-refractivity contribution in [2.45, 2.75) is 20.3 Å². The van der Waals surface area contributed by atoms with Crippen LogP contribution >= 0.6 is 36.2 Å². The molecule has 1 saturated heterocycles. The van der Waals surface area contributed by atoms with E-state index < -0.39 is 0 Å². The van der Waals surface area contributed by atoms with Crippen LogP contribution in [0.4, 0.5) is 0 Å². The third-order valence-corrected chi connectivity index (χ3v) is 4.94. The van der Waals surface area contributed by atoms with Gasteiger partial charge in [-0.2, -0.15) is 0 Å². The van der Waals surface area contributed by atoms with Gasteiger partial charge in [0.1, 0.15) is 0 Å². The van der Waals surface area contributed by atoms with Crippen LogP contribution in [0.3, 0.4) is 0 Å². The highest BCUT2D eigenvalue weighted by Gasteiger charge is 2.28. The molecule has 8 heteroatoms. The van der Waals surface area contributed by atoms with Crippen molar-refractivity contribution in [1.82, 2.24) is 14.5 Å². The second kappa shape index (κ2) is 8.15. The Kier molecular flexibility index (Phi) is 7.07. The number of aryl methyl sites for hydroxylation is 1. The summed E-state index contributed by atoms with van der Waals surface area (Å²) in [6.45, 7) is 6.23. The molecule has 3 rings (SSSR count). The van der Waals surface area contributed by atoms with Crippen molar-refractivity contribution in [1.29, 1.82) is 0 Å². The first kappa shape index (κ1) is 20.0. The third kappa shape index (κ3) is 3.71. The van der Waals surface area contributed by atoms with Gasteiger partial charge in [0.25, 0.3) is 5.91 Å². The summed E-state index contributed by atoms with van der Waals surface area (Å²) in [5, 5.41) is 2.85. The van der Waals surface area contributed by atoms with Crippen LogP contribution in [0.5, 0.6) is 0 Å². The Morgan fingerprint density at radius 1 is 1.43 bits per heavy atom. The second-order valence-corrected chi connectivity index (χ2v) is 6.45. The quantitative estimate of drug-likeness (QED) is 0.895. The number of nitrogens with two attached hydrogens (primary N) is 1. The molecule has 2 aromatic heterocycles. The number of rotatable bonds is 3. The molecule has 128 valence electrons. The van der Waals surface area contributed by atoms with Gasteiger partial charge in [-0.05, 0) is 38.8 Å². The average molecular weight is 377 g/mol. The molecule has 1 amide bonds. The Labute approximate surface area is 152 Å². The first-order chi connectivity index (χ1) is 10.1. The molecule has 2 aromatic rings. The fraction of sp³-hybridized carbons (Fsp3) is 0.467. The van der Waals surface area contributed by atoms with Crippen molar-refractivity contribution in [3.63, 3.8) is 0 Å². The zero-order chi connectivity index (χ0) is 15.0. The zero-order valence-electron chi connectivity index (χ0n) is 13.2. The molecule has 1 atom stereocenters. The molecule has 0 saturated carbocycles. The number of carbonyl (C=O) groups excluding carboxylic acids is 1. The SMILES string of the molecule is Cc1cc(C(=O)N2CCC(CN)C2)c(C)n1-c1nccs1.Cl.Cl. The van der Waals surface area contributed by atoms with Gasteiger partial charge < -0.3 is 10.6 Å². The number of amides is 1. The summed E-state index contributed by atoms with van der Waals surface area (Å²) in [6, 6.07) is 1.97. The summed E-state index contributed by atoms with van der Waals surface area (Å²) in [6.07, 6.45) is 2.79. The van der Waals surface area contributed by atoms with Crippen LogP contribution in [-0.4, -0.2) is 40.0 Å². The van der Waals surface area contributed by atoms with Gasteiger partial charge in [-0.15, -0.1) is 36.2 Å². The lowest BCUT2D eigenvalue weighted by molar-refractivity contribution is 0.0787. The molecule has 0 bridgehead atoms. The third-order valence-electron chi connectivity index (χ3n) is 4.18. The summed E-state index contributed by atoms with van der Waals surface area (Å²) >= 11 is 1.58. The monoisotopic (exact) mass is 376 g/mol. The summed E-state index contributed by atoms with van der Waals surface area (Å²) in [7, 11) is 0. The fourth-order valence-electron chi connectivity index (χ4n) is 2.98. The Morgan fingerprint density at radius 2 is 2.17 bits per heavy atom. The van der Waals surface area contributed by atoms with Crippen molar-refractivity contribution in [3.05, 3.63) is 34.6 Å². The fourth-order valence-corrected chi connectivity index (χ4v) is 3.73. The van der Waals surface area contributed by atoms with Crippen LogP contribution < -0.4 is 5.73 Å².